The highest BCUT2D eigenvalue weighted by molar-refractivity contribution is 8.18. The van der Waals surface area contributed by atoms with Crippen LogP contribution in [0.1, 0.15) is 25.3 Å². The van der Waals surface area contributed by atoms with Gasteiger partial charge < -0.3 is 5.32 Å². The Morgan fingerprint density at radius 2 is 2.06 bits per heavy atom. The third-order valence-electron chi connectivity index (χ3n) is 4.51. The molecule has 0 atom stereocenters. The normalized spacial score (nSPS) is 15.1. The summed E-state index contributed by atoms with van der Waals surface area (Å²) < 4.78 is 1.51. The lowest BCUT2D eigenvalue weighted by molar-refractivity contribution is -0.123. The van der Waals surface area contributed by atoms with Crippen molar-refractivity contribution >= 4 is 58.3 Å². The molecule has 3 rings (SSSR count). The molecular formula is C20H22ClN5O4S2. The average molecular weight is 496 g/mol. The van der Waals surface area contributed by atoms with Crippen molar-refractivity contribution in [3.63, 3.8) is 0 Å². The van der Waals surface area contributed by atoms with Gasteiger partial charge in [-0.2, -0.15) is 0 Å². The molecule has 2 heterocycles. The molecule has 2 N–H and O–H groups in total. The molecule has 3 amide bonds. The number of hydrogen-bond acceptors (Lipinski definition) is 7. The maximum Gasteiger partial charge on any atom is 0.343 e. The van der Waals surface area contributed by atoms with Crippen LogP contribution in [-0.2, 0) is 16.1 Å². The predicted octanol–water partition coefficient (Wildman–Crippen LogP) is 2.97. The highest BCUT2D eigenvalue weighted by Gasteiger charge is 2.34. The van der Waals surface area contributed by atoms with Crippen LogP contribution in [0.4, 0.5) is 4.79 Å². The van der Waals surface area contributed by atoms with Crippen molar-refractivity contribution in [2.75, 3.05) is 18.8 Å². The maximum atomic E-state index is 12.6. The second-order valence-electron chi connectivity index (χ2n) is 6.81. The predicted molar refractivity (Wildman–Crippen MR) is 126 cm³/mol. The molecule has 170 valence electrons. The van der Waals surface area contributed by atoms with E-state index in [1.807, 2.05) is 6.92 Å². The van der Waals surface area contributed by atoms with E-state index in [-0.39, 0.29) is 35.3 Å². The minimum atomic E-state index is -0.417. The van der Waals surface area contributed by atoms with Crippen LogP contribution < -0.4 is 11.0 Å². The summed E-state index contributed by atoms with van der Waals surface area (Å²) in [6.07, 6.45) is 3.36. The van der Waals surface area contributed by atoms with E-state index < -0.39 is 11.1 Å². The van der Waals surface area contributed by atoms with Crippen molar-refractivity contribution < 1.29 is 14.4 Å². The molecule has 1 aromatic carbocycles. The van der Waals surface area contributed by atoms with Crippen molar-refractivity contribution in [2.45, 2.75) is 31.5 Å². The zero-order chi connectivity index (χ0) is 23.1. The van der Waals surface area contributed by atoms with Crippen molar-refractivity contribution in [3.8, 4) is 0 Å². The number of imide groups is 1. The van der Waals surface area contributed by atoms with Gasteiger partial charge in [0.15, 0.2) is 5.16 Å². The molecule has 1 aromatic heterocycles. The van der Waals surface area contributed by atoms with E-state index >= 15 is 0 Å². The third-order valence-corrected chi connectivity index (χ3v) is 6.74. The Labute approximate surface area is 198 Å². The monoisotopic (exact) mass is 495 g/mol. The number of aromatic nitrogens is 3. The van der Waals surface area contributed by atoms with E-state index in [9.17, 15) is 19.2 Å². The number of unbranched alkanes of at least 4 members (excludes halogenated alkanes) is 1. The molecule has 0 radical (unpaired) electrons. The number of nitrogens with one attached hydrogen (secondary N) is 2. The van der Waals surface area contributed by atoms with Crippen LogP contribution in [0.2, 0.25) is 5.02 Å². The van der Waals surface area contributed by atoms with Gasteiger partial charge in [0.05, 0.1) is 10.7 Å². The van der Waals surface area contributed by atoms with Gasteiger partial charge in [-0.3, -0.25) is 23.9 Å². The maximum absolute atomic E-state index is 12.6. The zero-order valence-corrected chi connectivity index (χ0v) is 19.7. The average Bonchev–Trinajstić information content (AvgIpc) is 3.25. The van der Waals surface area contributed by atoms with Crippen molar-refractivity contribution in [3.05, 3.63) is 50.2 Å². The molecule has 1 saturated heterocycles. The topological polar surface area (TPSA) is 117 Å². The van der Waals surface area contributed by atoms with Gasteiger partial charge in [0, 0.05) is 24.7 Å². The summed E-state index contributed by atoms with van der Waals surface area (Å²) in [4.78, 5) is 50.1. The van der Waals surface area contributed by atoms with Crippen LogP contribution in [0, 0.1) is 0 Å². The highest BCUT2D eigenvalue weighted by Crippen LogP contribution is 2.33. The van der Waals surface area contributed by atoms with Crippen molar-refractivity contribution in [2.24, 2.45) is 0 Å². The molecule has 9 nitrogen and oxygen atoms in total. The molecule has 1 aliphatic heterocycles. The molecule has 1 fully saturated rings. The summed E-state index contributed by atoms with van der Waals surface area (Å²) in [5.41, 5.74) is 0.353. The van der Waals surface area contributed by atoms with Crippen molar-refractivity contribution in [1.82, 2.24) is 25.0 Å². The smallest absolute Gasteiger partial charge is 0.343 e. The fourth-order valence-corrected chi connectivity index (χ4v) is 4.69. The summed E-state index contributed by atoms with van der Waals surface area (Å²) >= 11 is 8.10. The van der Waals surface area contributed by atoms with Gasteiger partial charge in [-0.1, -0.05) is 54.9 Å². The SMILES string of the molecule is CCCCn1c(SCC(=O)NCCN2C(=O)S/C(=C\c3ccccc3Cl)C2=O)n[nH]c1=O. The number of amides is 3. The van der Waals surface area contributed by atoms with Crippen LogP contribution in [-0.4, -0.2) is 55.6 Å². The zero-order valence-electron chi connectivity index (χ0n) is 17.3. The van der Waals surface area contributed by atoms with Gasteiger partial charge >= 0.3 is 5.69 Å². The minimum absolute atomic E-state index is 0.0601. The first-order valence-corrected chi connectivity index (χ1v) is 12.1. The molecule has 0 aliphatic carbocycles. The van der Waals surface area contributed by atoms with Gasteiger partial charge in [-0.25, -0.2) is 9.89 Å². The quantitative estimate of drug-likeness (QED) is 0.384. The van der Waals surface area contributed by atoms with E-state index in [1.165, 1.54) is 4.57 Å². The summed E-state index contributed by atoms with van der Waals surface area (Å²) in [7, 11) is 0. The summed E-state index contributed by atoms with van der Waals surface area (Å²) in [6.45, 7) is 2.75. The molecule has 0 saturated carbocycles. The van der Waals surface area contributed by atoms with E-state index in [0.717, 1.165) is 41.3 Å². The third kappa shape index (κ3) is 6.05. The largest absolute Gasteiger partial charge is 0.354 e. The highest BCUT2D eigenvalue weighted by atomic mass is 35.5. The Morgan fingerprint density at radius 3 is 2.81 bits per heavy atom. The standard InChI is InChI=1S/C20H22ClN5O4S2/c1-2-3-9-26-18(29)23-24-19(26)31-12-16(27)22-8-10-25-17(28)15(32-20(25)30)11-13-6-4-5-7-14(13)21/h4-7,11H,2-3,8-10,12H2,1H3,(H,22,27)(H,23,29)/b15-11-. The van der Waals surface area contributed by atoms with Gasteiger partial charge in [0.25, 0.3) is 11.1 Å². The molecule has 0 unspecified atom stereocenters. The summed E-state index contributed by atoms with van der Waals surface area (Å²) in [5, 5.41) is 9.57. The molecule has 0 spiro atoms. The summed E-state index contributed by atoms with van der Waals surface area (Å²) in [5.74, 6) is -0.642. The number of rotatable bonds is 10. The first-order chi connectivity index (χ1) is 15.4. The van der Waals surface area contributed by atoms with E-state index in [0.29, 0.717) is 22.3 Å². The van der Waals surface area contributed by atoms with Crippen LogP contribution >= 0.6 is 35.1 Å². The second-order valence-corrected chi connectivity index (χ2v) is 9.15. The molecule has 32 heavy (non-hydrogen) atoms. The molecular weight excluding hydrogens is 474 g/mol. The lowest BCUT2D eigenvalue weighted by Gasteiger charge is -2.13. The lowest BCUT2D eigenvalue weighted by atomic mass is 10.2. The van der Waals surface area contributed by atoms with Gasteiger partial charge in [-0.05, 0) is 35.9 Å². The van der Waals surface area contributed by atoms with Crippen LogP contribution in [0.15, 0.2) is 39.1 Å². The number of carbonyl (C=O) groups is 3. The Balaban J connectivity index is 1.48. The van der Waals surface area contributed by atoms with E-state index in [4.69, 9.17) is 11.6 Å². The van der Waals surface area contributed by atoms with Crippen LogP contribution in [0.25, 0.3) is 6.08 Å². The first-order valence-electron chi connectivity index (χ1n) is 9.95. The van der Waals surface area contributed by atoms with Crippen LogP contribution in [0.3, 0.4) is 0 Å². The molecule has 12 heteroatoms. The lowest BCUT2D eigenvalue weighted by Crippen LogP contribution is -2.37. The van der Waals surface area contributed by atoms with Crippen molar-refractivity contribution in [1.29, 1.82) is 0 Å². The number of nitrogens with zero attached hydrogens (tertiary/aromatic N) is 3. The van der Waals surface area contributed by atoms with E-state index in [2.05, 4.69) is 15.5 Å². The number of aromatic amines is 1. The Bertz CT molecular complexity index is 1100. The number of benzene rings is 1. The fraction of sp³-hybridized carbons (Fsp3) is 0.350. The number of carbonyl (C=O) groups excluding carboxylic acids is 3. The molecule has 2 aromatic rings. The van der Waals surface area contributed by atoms with E-state index in [1.54, 1.807) is 30.3 Å². The number of H-pyrrole nitrogens is 1. The fourth-order valence-electron chi connectivity index (χ4n) is 2.84. The van der Waals surface area contributed by atoms with Gasteiger partial charge in [0.1, 0.15) is 0 Å². The Kier molecular flexibility index (Phi) is 8.60. The second kappa shape index (κ2) is 11.4. The Hall–Kier alpha value is -2.50. The number of halogens is 1. The number of thioether (sulfide) groups is 2. The molecule has 1 aliphatic rings. The number of hydrogen-bond donors (Lipinski definition) is 2. The minimum Gasteiger partial charge on any atom is -0.354 e. The Morgan fingerprint density at radius 1 is 1.28 bits per heavy atom. The first kappa shape index (κ1) is 24.1. The summed E-state index contributed by atoms with van der Waals surface area (Å²) in [6, 6.07) is 7.04. The van der Waals surface area contributed by atoms with Gasteiger partial charge in [0.2, 0.25) is 5.91 Å². The van der Waals surface area contributed by atoms with Crippen LogP contribution in [0.5, 0.6) is 0 Å². The molecule has 0 bridgehead atoms. The van der Waals surface area contributed by atoms with Gasteiger partial charge in [-0.15, -0.1) is 5.10 Å².